The number of rotatable bonds is 10. The summed E-state index contributed by atoms with van der Waals surface area (Å²) in [5.74, 6) is -0.0101. The van der Waals surface area contributed by atoms with Crippen LogP contribution in [0, 0.1) is 6.92 Å². The summed E-state index contributed by atoms with van der Waals surface area (Å²) in [6.07, 6.45) is 0.736. The number of nitrogens with zero attached hydrogens (tertiary/aromatic N) is 4. The smallest absolute Gasteiger partial charge is 0.347 e. The minimum Gasteiger partial charge on any atom is -0.479 e. The number of fused-ring (bicyclic) bond motifs is 1. The average Bonchev–Trinajstić information content (AvgIpc) is 3.42. The van der Waals surface area contributed by atoms with Gasteiger partial charge in [-0.25, -0.2) is 22.7 Å². The Morgan fingerprint density at radius 2 is 1.67 bits per heavy atom. The highest BCUT2D eigenvalue weighted by atomic mass is 32.2. The number of carbonyl (C=O) groups is 2. The molecular weight excluding hydrogens is 614 g/mol. The van der Waals surface area contributed by atoms with Crippen molar-refractivity contribution in [2.45, 2.75) is 38.3 Å². The maximum absolute atomic E-state index is 14.1. The van der Waals surface area contributed by atoms with Crippen molar-refractivity contribution >= 4 is 38.6 Å². The molecule has 0 aliphatic rings. The molecule has 3 aromatic carbocycles. The van der Waals surface area contributed by atoms with Gasteiger partial charge in [0.25, 0.3) is 5.56 Å². The van der Waals surface area contributed by atoms with E-state index < -0.39 is 44.5 Å². The molecular formula is C32H31N5O8S. The number of ether oxygens (including phenoxy) is 3. The third-order valence-corrected chi connectivity index (χ3v) is 7.58. The lowest BCUT2D eigenvalue weighted by Crippen LogP contribution is -2.33. The molecule has 0 saturated carbocycles. The Labute approximate surface area is 264 Å². The van der Waals surface area contributed by atoms with Gasteiger partial charge in [0.05, 0.1) is 12.3 Å². The molecule has 0 fully saturated rings. The van der Waals surface area contributed by atoms with Crippen molar-refractivity contribution in [2.75, 3.05) is 18.2 Å². The van der Waals surface area contributed by atoms with Crippen molar-refractivity contribution in [2.24, 2.45) is 0 Å². The van der Waals surface area contributed by atoms with E-state index in [9.17, 15) is 22.8 Å². The van der Waals surface area contributed by atoms with Crippen molar-refractivity contribution in [3.8, 4) is 23.2 Å². The van der Waals surface area contributed by atoms with Gasteiger partial charge in [-0.15, -0.1) is 0 Å². The third kappa shape index (κ3) is 6.91. The molecule has 0 aliphatic heterocycles. The summed E-state index contributed by atoms with van der Waals surface area (Å²) in [6, 6.07) is 20.1. The first-order chi connectivity index (χ1) is 22.0. The number of hydrogen-bond acceptors (Lipinski definition) is 10. The molecule has 0 spiro atoms. The number of aromatic nitrogens is 4. The van der Waals surface area contributed by atoms with Crippen LogP contribution >= 0.6 is 0 Å². The number of nitrogens with one attached hydrogen (secondary N) is 1. The van der Waals surface area contributed by atoms with E-state index in [2.05, 4.69) is 15.4 Å². The maximum Gasteiger partial charge on any atom is 0.347 e. The van der Waals surface area contributed by atoms with Crippen LogP contribution in [0.4, 0.5) is 10.5 Å². The van der Waals surface area contributed by atoms with Crippen LogP contribution in [-0.2, 0) is 19.4 Å². The largest absolute Gasteiger partial charge is 0.479 e. The number of benzene rings is 3. The minimum atomic E-state index is -4.05. The second kappa shape index (κ2) is 13.2. The zero-order valence-electron chi connectivity index (χ0n) is 25.5. The minimum absolute atomic E-state index is 0.134. The van der Waals surface area contributed by atoms with E-state index in [0.717, 1.165) is 11.8 Å². The first-order valence-electron chi connectivity index (χ1n) is 14.3. The standard InChI is InChI=1S/C32H31N5O8S/c1-5-18-43-30(39)21(3)44-24-14-16-25(17-15-24)45-32-34-27-26(28(46(4,41)42)35-37(27)23-12-7-6-8-13-23)29(38)36(32)31(40)33-22-11-9-10-20(2)19-22/h6-17,19,21H,5,18H2,1-4H3,(H,33,40). The van der Waals surface area contributed by atoms with E-state index in [1.807, 2.05) is 19.9 Å². The fraction of sp³-hybridized carbons (Fsp3) is 0.219. The van der Waals surface area contributed by atoms with Crippen LogP contribution in [0.1, 0.15) is 25.8 Å². The molecule has 5 aromatic rings. The molecule has 5 rings (SSSR count). The van der Waals surface area contributed by atoms with Crippen LogP contribution in [-0.4, -0.2) is 58.7 Å². The second-order valence-corrected chi connectivity index (χ2v) is 12.3. The van der Waals surface area contributed by atoms with Crippen molar-refractivity contribution in [3.63, 3.8) is 0 Å². The molecule has 0 radical (unpaired) electrons. The van der Waals surface area contributed by atoms with Gasteiger partial charge in [0.2, 0.25) is 0 Å². The molecule has 0 bridgehead atoms. The summed E-state index contributed by atoms with van der Waals surface area (Å²) in [5, 5.41) is 5.94. The molecule has 0 saturated heterocycles. The second-order valence-electron chi connectivity index (χ2n) is 10.4. The van der Waals surface area contributed by atoms with Crippen LogP contribution in [0.25, 0.3) is 16.7 Å². The number of para-hydroxylation sites is 1. The van der Waals surface area contributed by atoms with E-state index in [0.29, 0.717) is 28.1 Å². The number of amides is 1. The first-order valence-corrected chi connectivity index (χ1v) is 16.2. The Kier molecular flexibility index (Phi) is 9.18. The summed E-state index contributed by atoms with van der Waals surface area (Å²) in [7, 11) is -4.05. The summed E-state index contributed by atoms with van der Waals surface area (Å²) >= 11 is 0. The SMILES string of the molecule is CCCOC(=O)C(C)Oc1ccc(Oc2nc3c(c(S(C)(=O)=O)nn3-c3ccccc3)c(=O)n2C(=O)Nc2cccc(C)c2)cc1. The van der Waals surface area contributed by atoms with Crippen molar-refractivity contribution in [1.82, 2.24) is 19.3 Å². The zero-order chi connectivity index (χ0) is 33.0. The number of hydrogen-bond donors (Lipinski definition) is 1. The topological polar surface area (TPSA) is 161 Å². The van der Waals surface area contributed by atoms with E-state index in [-0.39, 0.29) is 23.4 Å². The van der Waals surface area contributed by atoms with Crippen molar-refractivity contribution < 1.29 is 32.2 Å². The predicted octanol–water partition coefficient (Wildman–Crippen LogP) is 4.89. The number of sulfone groups is 1. The van der Waals surface area contributed by atoms with Gasteiger partial charge in [-0.05, 0) is 74.4 Å². The molecule has 14 heteroatoms. The molecule has 2 aromatic heterocycles. The highest BCUT2D eigenvalue weighted by Crippen LogP contribution is 2.28. The van der Waals surface area contributed by atoms with Gasteiger partial charge in [0.1, 0.15) is 16.9 Å². The van der Waals surface area contributed by atoms with Crippen LogP contribution in [0.5, 0.6) is 17.5 Å². The Bertz CT molecular complexity index is 2070. The lowest BCUT2D eigenvalue weighted by molar-refractivity contribution is -0.151. The highest BCUT2D eigenvalue weighted by molar-refractivity contribution is 7.90. The highest BCUT2D eigenvalue weighted by Gasteiger charge is 2.29. The molecule has 0 aliphatic carbocycles. The van der Waals surface area contributed by atoms with Crippen molar-refractivity contribution in [3.05, 3.63) is 94.8 Å². The van der Waals surface area contributed by atoms with Crippen molar-refractivity contribution in [1.29, 1.82) is 0 Å². The van der Waals surface area contributed by atoms with Gasteiger partial charge >= 0.3 is 18.0 Å². The number of carbonyl (C=O) groups excluding carboxylic acids is 2. The Hall–Kier alpha value is -5.50. The van der Waals surface area contributed by atoms with E-state index in [1.54, 1.807) is 55.5 Å². The van der Waals surface area contributed by atoms with Gasteiger partial charge in [-0.2, -0.15) is 14.6 Å². The van der Waals surface area contributed by atoms with Crippen LogP contribution < -0.4 is 20.3 Å². The van der Waals surface area contributed by atoms with E-state index in [1.165, 1.54) is 28.9 Å². The van der Waals surface area contributed by atoms with Gasteiger partial charge in [-0.1, -0.05) is 37.3 Å². The summed E-state index contributed by atoms with van der Waals surface area (Å²) in [6.45, 7) is 5.57. The average molecular weight is 646 g/mol. The lowest BCUT2D eigenvalue weighted by Gasteiger charge is -2.15. The summed E-state index contributed by atoms with van der Waals surface area (Å²) in [5.41, 5.74) is 0.529. The fourth-order valence-electron chi connectivity index (χ4n) is 4.44. The van der Waals surface area contributed by atoms with Crippen LogP contribution in [0.15, 0.2) is 88.7 Å². The van der Waals surface area contributed by atoms with E-state index in [4.69, 9.17) is 14.2 Å². The van der Waals surface area contributed by atoms with Crippen LogP contribution in [0.3, 0.4) is 0 Å². The Morgan fingerprint density at radius 3 is 2.33 bits per heavy atom. The van der Waals surface area contributed by atoms with Gasteiger partial charge in [0.15, 0.2) is 26.6 Å². The molecule has 1 unspecified atom stereocenters. The first kappa shape index (κ1) is 31.9. The summed E-state index contributed by atoms with van der Waals surface area (Å²) in [4.78, 5) is 44.3. The number of esters is 1. The zero-order valence-corrected chi connectivity index (χ0v) is 26.3. The summed E-state index contributed by atoms with van der Waals surface area (Å²) < 4.78 is 44.2. The molecule has 2 heterocycles. The Morgan fingerprint density at radius 1 is 0.978 bits per heavy atom. The molecule has 1 atom stereocenters. The molecule has 13 nitrogen and oxygen atoms in total. The number of anilines is 1. The van der Waals surface area contributed by atoms with Gasteiger partial charge in [0, 0.05) is 11.9 Å². The predicted molar refractivity (Wildman–Crippen MR) is 170 cm³/mol. The molecule has 238 valence electrons. The monoisotopic (exact) mass is 645 g/mol. The van der Waals surface area contributed by atoms with Gasteiger partial charge < -0.3 is 19.5 Å². The van der Waals surface area contributed by atoms with Crippen LogP contribution in [0.2, 0.25) is 0 Å². The Balaban J connectivity index is 1.61. The maximum atomic E-state index is 14.1. The fourth-order valence-corrected chi connectivity index (χ4v) is 5.22. The quantitative estimate of drug-likeness (QED) is 0.207. The molecule has 46 heavy (non-hydrogen) atoms. The lowest BCUT2D eigenvalue weighted by atomic mass is 10.2. The number of aryl methyl sites for hydroxylation is 1. The third-order valence-electron chi connectivity index (χ3n) is 6.59. The molecule has 1 amide bonds. The van der Waals surface area contributed by atoms with Gasteiger partial charge in [-0.3, -0.25) is 4.79 Å². The van der Waals surface area contributed by atoms with E-state index >= 15 is 0 Å². The molecule has 1 N–H and O–H groups in total. The normalized spacial score (nSPS) is 12.0.